The average Bonchev–Trinajstić information content (AvgIpc) is 1.91. The predicted molar refractivity (Wildman–Crippen MR) is 370 cm³/mol. The van der Waals surface area contributed by atoms with Crippen molar-refractivity contribution in [1.82, 2.24) is 0 Å². The molecule has 0 nitrogen and oxygen atoms in total. The van der Waals surface area contributed by atoms with Crippen LogP contribution in [-0.4, -0.2) is 0 Å². The molecule has 13 aromatic rings. The fourth-order valence-corrected chi connectivity index (χ4v) is 15.1. The second kappa shape index (κ2) is 23.5. The van der Waals surface area contributed by atoms with E-state index in [2.05, 4.69) is 258 Å². The number of hydrogen-bond donors (Lipinski definition) is 0. The Morgan fingerprint density at radius 2 is 0.471 bits per heavy atom. The summed E-state index contributed by atoms with van der Waals surface area (Å²) in [5, 5.41) is 15.4. The summed E-state index contributed by atoms with van der Waals surface area (Å²) in [6.07, 6.45) is 18.1. The molecular formula is C85H78. The quantitative estimate of drug-likeness (QED) is 0.0559. The summed E-state index contributed by atoms with van der Waals surface area (Å²) in [7, 11) is 0. The van der Waals surface area contributed by atoms with Crippen LogP contribution < -0.4 is 0 Å². The number of rotatable bonds is 19. The van der Waals surface area contributed by atoms with Gasteiger partial charge in [-0.2, -0.15) is 0 Å². The molecule has 0 heterocycles. The molecule has 0 saturated heterocycles. The molecule has 0 unspecified atom stereocenters. The van der Waals surface area contributed by atoms with Gasteiger partial charge in [0.2, 0.25) is 0 Å². The zero-order valence-electron chi connectivity index (χ0n) is 50.3. The van der Waals surface area contributed by atoms with Crippen LogP contribution in [0.4, 0.5) is 0 Å². The van der Waals surface area contributed by atoms with Gasteiger partial charge in [-0.25, -0.2) is 0 Å². The Kier molecular flexibility index (Phi) is 15.0. The fraction of sp³-hybridized carbons (Fsp3) is 0.224. The van der Waals surface area contributed by atoms with Crippen LogP contribution in [0.1, 0.15) is 127 Å². The Bertz CT molecular complexity index is 4450. The summed E-state index contributed by atoms with van der Waals surface area (Å²) in [5.74, 6) is 0. The van der Waals surface area contributed by atoms with Crippen molar-refractivity contribution in [2.45, 2.75) is 123 Å². The van der Waals surface area contributed by atoms with Gasteiger partial charge < -0.3 is 0 Å². The molecule has 0 aromatic heterocycles. The van der Waals surface area contributed by atoms with Crippen molar-refractivity contribution in [2.75, 3.05) is 0 Å². The molecule has 418 valence electrons. The van der Waals surface area contributed by atoms with E-state index in [4.69, 9.17) is 0 Å². The lowest BCUT2D eigenvalue weighted by molar-refractivity contribution is 0.607. The van der Waals surface area contributed by atoms with Gasteiger partial charge in [-0.1, -0.05) is 310 Å². The van der Waals surface area contributed by atoms with Gasteiger partial charge in [0.1, 0.15) is 0 Å². The van der Waals surface area contributed by atoms with E-state index in [0.717, 1.165) is 12.8 Å². The molecule has 1 aliphatic rings. The molecule has 0 fully saturated rings. The highest BCUT2D eigenvalue weighted by molar-refractivity contribution is 6.30. The molecule has 0 heteroatoms. The first-order chi connectivity index (χ1) is 41.9. The van der Waals surface area contributed by atoms with Gasteiger partial charge in [-0.15, -0.1) is 0 Å². The Morgan fingerprint density at radius 1 is 0.235 bits per heavy atom. The largest absolute Gasteiger partial charge is 0.0654 e. The molecule has 0 saturated carbocycles. The first-order valence-electron chi connectivity index (χ1n) is 32.2. The van der Waals surface area contributed by atoms with Crippen LogP contribution in [0.15, 0.2) is 231 Å². The minimum Gasteiger partial charge on any atom is -0.0654 e. The smallest absolute Gasteiger partial charge is 0.0159 e. The van der Waals surface area contributed by atoms with E-state index in [-0.39, 0.29) is 5.41 Å². The molecule has 0 amide bonds. The SMILES string of the molecule is CCCCCCCCc1ccc(-c2c3ccccc3c(-c3ccc4c(c3)C(C)(C)c3cc(-c5c6ccccc6c(-c6c7ccccc7c(-c7ccc(CCCCCCCC)cc7)c7ccccc67)c6ccccc56)ccc3-4)c3ccccc23)cc1. The lowest BCUT2D eigenvalue weighted by atomic mass is 9.78. The van der Waals surface area contributed by atoms with Crippen LogP contribution >= 0.6 is 0 Å². The first kappa shape index (κ1) is 54.4. The molecule has 1 aliphatic carbocycles. The summed E-state index contributed by atoms with van der Waals surface area (Å²) in [6, 6.07) is 88.9. The molecule has 0 radical (unpaired) electrons. The Morgan fingerprint density at radius 3 is 0.753 bits per heavy atom. The highest BCUT2D eigenvalue weighted by Gasteiger charge is 2.37. The molecule has 0 bridgehead atoms. The molecule has 14 rings (SSSR count). The van der Waals surface area contributed by atoms with E-state index in [1.54, 1.807) is 0 Å². The normalized spacial score (nSPS) is 12.8. The molecular weight excluding hydrogens is 1020 g/mol. The molecule has 0 aliphatic heterocycles. The molecule has 0 spiro atoms. The molecule has 13 aromatic carbocycles. The highest BCUT2D eigenvalue weighted by Crippen LogP contribution is 2.55. The van der Waals surface area contributed by atoms with Crippen molar-refractivity contribution in [3.63, 3.8) is 0 Å². The second-order valence-electron chi connectivity index (χ2n) is 25.1. The van der Waals surface area contributed by atoms with Crippen molar-refractivity contribution in [1.29, 1.82) is 0 Å². The van der Waals surface area contributed by atoms with Gasteiger partial charge in [-0.05, 0) is 191 Å². The van der Waals surface area contributed by atoms with Crippen LogP contribution in [0, 0.1) is 0 Å². The first-order valence-corrected chi connectivity index (χ1v) is 32.2. The minimum absolute atomic E-state index is 0.251. The van der Waals surface area contributed by atoms with Gasteiger partial charge >= 0.3 is 0 Å². The topological polar surface area (TPSA) is 0 Å². The maximum absolute atomic E-state index is 2.54. The number of aryl methyl sites for hydroxylation is 2. The Labute approximate surface area is 504 Å². The van der Waals surface area contributed by atoms with Crippen molar-refractivity contribution >= 4 is 64.6 Å². The van der Waals surface area contributed by atoms with Crippen LogP contribution in [0.2, 0.25) is 0 Å². The lowest BCUT2D eigenvalue weighted by Gasteiger charge is -2.24. The van der Waals surface area contributed by atoms with Crippen molar-refractivity contribution in [3.05, 3.63) is 253 Å². The van der Waals surface area contributed by atoms with Gasteiger partial charge in [0.05, 0.1) is 0 Å². The van der Waals surface area contributed by atoms with Crippen LogP contribution in [-0.2, 0) is 18.3 Å². The fourth-order valence-electron chi connectivity index (χ4n) is 15.1. The van der Waals surface area contributed by atoms with Gasteiger partial charge in [0.25, 0.3) is 0 Å². The Balaban J connectivity index is 0.847. The monoisotopic (exact) mass is 1100 g/mol. The average molecular weight is 1100 g/mol. The number of fused-ring (bicyclic) bond motifs is 9. The molecule has 85 heavy (non-hydrogen) atoms. The maximum Gasteiger partial charge on any atom is 0.0159 e. The molecule has 0 N–H and O–H groups in total. The van der Waals surface area contributed by atoms with Crippen molar-refractivity contribution in [2.24, 2.45) is 0 Å². The van der Waals surface area contributed by atoms with Gasteiger partial charge in [-0.3, -0.25) is 0 Å². The van der Waals surface area contributed by atoms with Crippen LogP contribution in [0.5, 0.6) is 0 Å². The lowest BCUT2D eigenvalue weighted by Crippen LogP contribution is -2.15. The summed E-state index contributed by atoms with van der Waals surface area (Å²) in [5.41, 5.74) is 21.0. The van der Waals surface area contributed by atoms with Gasteiger partial charge in [0.15, 0.2) is 0 Å². The number of benzene rings is 13. The van der Waals surface area contributed by atoms with Crippen molar-refractivity contribution in [3.8, 4) is 66.8 Å². The maximum atomic E-state index is 2.54. The molecule has 0 atom stereocenters. The van der Waals surface area contributed by atoms with Crippen molar-refractivity contribution < 1.29 is 0 Å². The third kappa shape index (κ3) is 9.82. The van der Waals surface area contributed by atoms with E-state index in [0.29, 0.717) is 0 Å². The summed E-state index contributed by atoms with van der Waals surface area (Å²) >= 11 is 0. The Hall–Kier alpha value is -8.58. The van der Waals surface area contributed by atoms with Crippen LogP contribution in [0.3, 0.4) is 0 Å². The summed E-state index contributed by atoms with van der Waals surface area (Å²) in [6.45, 7) is 9.49. The third-order valence-corrected chi connectivity index (χ3v) is 19.4. The van der Waals surface area contributed by atoms with Crippen LogP contribution in [0.25, 0.3) is 131 Å². The van der Waals surface area contributed by atoms with E-state index >= 15 is 0 Å². The van der Waals surface area contributed by atoms with E-state index in [1.165, 1.54) is 231 Å². The van der Waals surface area contributed by atoms with E-state index in [9.17, 15) is 0 Å². The zero-order valence-corrected chi connectivity index (χ0v) is 50.3. The predicted octanol–water partition coefficient (Wildman–Crippen LogP) is 25.1. The number of hydrogen-bond acceptors (Lipinski definition) is 0. The summed E-state index contributed by atoms with van der Waals surface area (Å²) < 4.78 is 0. The van der Waals surface area contributed by atoms with Gasteiger partial charge in [0, 0.05) is 5.41 Å². The highest BCUT2D eigenvalue weighted by atomic mass is 14.4. The second-order valence-corrected chi connectivity index (χ2v) is 25.1. The van der Waals surface area contributed by atoms with E-state index in [1.807, 2.05) is 0 Å². The minimum atomic E-state index is -0.251. The third-order valence-electron chi connectivity index (χ3n) is 19.4. The zero-order chi connectivity index (χ0) is 57.4. The van der Waals surface area contributed by atoms with E-state index < -0.39 is 0 Å². The standard InChI is InChI=1S/C85H78/c1-5-7-9-11-13-15-29-57-43-47-59(48-44-57)79-65-31-17-19-33-67(65)81(68-34-20-18-32-66(68)79)61-51-53-63-64-54-52-62(56-78(64)85(3,4)77(63)55-61)82-71-37-23-27-41-75(71)84(76-42-28-24-38-72(76)82)83-73-39-25-21-35-69(73)80(70-36-22-26-40-74(70)83)60-49-45-58(46-50-60)30-16-14-12-10-8-6-2/h17-28,31-56H,5-16,29-30H2,1-4H3. The number of unbranched alkanes of at least 4 members (excludes halogenated alkanes) is 10. The summed E-state index contributed by atoms with van der Waals surface area (Å²) in [4.78, 5) is 0.